The van der Waals surface area contributed by atoms with Gasteiger partial charge in [0.25, 0.3) is 5.69 Å². The molecule has 0 aromatic heterocycles. The normalized spacial score (nSPS) is 17.3. The molecule has 1 aromatic carbocycles. The van der Waals surface area contributed by atoms with Gasteiger partial charge in [0.15, 0.2) is 0 Å². The summed E-state index contributed by atoms with van der Waals surface area (Å²) in [5.41, 5.74) is 7.02. The second-order valence-electron chi connectivity index (χ2n) is 4.84. The lowest BCUT2D eigenvalue weighted by Crippen LogP contribution is -2.30. The number of nitro benzene ring substituents is 1. The Bertz CT molecular complexity index is 458. The van der Waals surface area contributed by atoms with E-state index in [0.717, 1.165) is 25.9 Å². The van der Waals surface area contributed by atoms with E-state index >= 15 is 0 Å². The van der Waals surface area contributed by atoms with Crippen LogP contribution in [0.2, 0.25) is 0 Å². The van der Waals surface area contributed by atoms with E-state index in [-0.39, 0.29) is 17.2 Å². The number of anilines is 1. The van der Waals surface area contributed by atoms with Gasteiger partial charge in [0.1, 0.15) is 5.69 Å². The van der Waals surface area contributed by atoms with Crippen molar-refractivity contribution in [3.8, 4) is 0 Å². The van der Waals surface area contributed by atoms with Crippen LogP contribution in [0.1, 0.15) is 30.9 Å². The SMILES string of the molecule is N[C@H](CO)c1ccc(N2CCCCC2)c([N+](=O)[O-])c1. The number of nitrogens with two attached hydrogens (primary N) is 1. The number of nitro groups is 1. The van der Waals surface area contributed by atoms with Crippen molar-refractivity contribution < 1.29 is 10.0 Å². The molecule has 0 amide bonds. The van der Waals surface area contributed by atoms with Gasteiger partial charge in [0.2, 0.25) is 0 Å². The van der Waals surface area contributed by atoms with Crippen molar-refractivity contribution >= 4 is 11.4 Å². The van der Waals surface area contributed by atoms with Crippen LogP contribution in [0.5, 0.6) is 0 Å². The Morgan fingerprint density at radius 3 is 2.63 bits per heavy atom. The summed E-state index contributed by atoms with van der Waals surface area (Å²) >= 11 is 0. The Morgan fingerprint density at radius 2 is 2.05 bits per heavy atom. The van der Waals surface area contributed by atoms with Gasteiger partial charge in [-0.05, 0) is 30.9 Å². The summed E-state index contributed by atoms with van der Waals surface area (Å²) in [6.07, 6.45) is 3.31. The Hall–Kier alpha value is -1.66. The van der Waals surface area contributed by atoms with E-state index < -0.39 is 6.04 Å². The lowest BCUT2D eigenvalue weighted by Gasteiger charge is -2.28. The maximum Gasteiger partial charge on any atom is 0.292 e. The van der Waals surface area contributed by atoms with E-state index in [1.54, 1.807) is 12.1 Å². The first-order valence-corrected chi connectivity index (χ1v) is 6.53. The molecule has 1 fully saturated rings. The fourth-order valence-electron chi connectivity index (χ4n) is 2.42. The summed E-state index contributed by atoms with van der Waals surface area (Å²) in [6, 6.07) is 4.41. The Kier molecular flexibility index (Phi) is 4.34. The molecule has 0 spiro atoms. The fourth-order valence-corrected chi connectivity index (χ4v) is 2.42. The summed E-state index contributed by atoms with van der Waals surface area (Å²) in [5, 5.41) is 20.2. The molecule has 1 heterocycles. The number of aliphatic hydroxyl groups excluding tert-OH is 1. The largest absolute Gasteiger partial charge is 0.394 e. The van der Waals surface area contributed by atoms with E-state index in [1.807, 2.05) is 0 Å². The second-order valence-corrected chi connectivity index (χ2v) is 4.84. The molecule has 6 heteroatoms. The average Bonchev–Trinajstić information content (AvgIpc) is 2.46. The number of nitrogens with zero attached hydrogens (tertiary/aromatic N) is 2. The highest BCUT2D eigenvalue weighted by molar-refractivity contribution is 5.64. The summed E-state index contributed by atoms with van der Waals surface area (Å²) in [4.78, 5) is 12.9. The first kappa shape index (κ1) is 13.8. The first-order valence-electron chi connectivity index (χ1n) is 6.53. The molecule has 1 atom stereocenters. The first-order chi connectivity index (χ1) is 9.13. The van der Waals surface area contributed by atoms with Crippen molar-refractivity contribution in [1.29, 1.82) is 0 Å². The zero-order valence-corrected chi connectivity index (χ0v) is 10.8. The van der Waals surface area contributed by atoms with Crippen LogP contribution in [0.25, 0.3) is 0 Å². The molecule has 0 radical (unpaired) electrons. The summed E-state index contributed by atoms with van der Waals surface area (Å²) < 4.78 is 0. The molecule has 6 nitrogen and oxygen atoms in total. The molecule has 1 aliphatic rings. The van der Waals surface area contributed by atoms with Gasteiger partial charge in [0.05, 0.1) is 17.6 Å². The van der Waals surface area contributed by atoms with Crippen molar-refractivity contribution in [3.63, 3.8) is 0 Å². The molecular formula is C13H19N3O3. The molecule has 3 N–H and O–H groups in total. The smallest absolute Gasteiger partial charge is 0.292 e. The molecule has 0 unspecified atom stereocenters. The highest BCUT2D eigenvalue weighted by Crippen LogP contribution is 2.32. The predicted octanol–water partition coefficient (Wildman–Crippen LogP) is 1.58. The lowest BCUT2D eigenvalue weighted by molar-refractivity contribution is -0.384. The van der Waals surface area contributed by atoms with Crippen molar-refractivity contribution in [2.45, 2.75) is 25.3 Å². The zero-order chi connectivity index (χ0) is 13.8. The Morgan fingerprint density at radius 1 is 1.37 bits per heavy atom. The Balaban J connectivity index is 2.34. The van der Waals surface area contributed by atoms with Crippen LogP contribution >= 0.6 is 0 Å². The van der Waals surface area contributed by atoms with Gasteiger partial charge in [-0.1, -0.05) is 6.07 Å². The molecule has 0 saturated carbocycles. The molecule has 104 valence electrons. The van der Waals surface area contributed by atoms with Crippen molar-refractivity contribution in [1.82, 2.24) is 0 Å². The van der Waals surface area contributed by atoms with E-state index in [1.165, 1.54) is 12.5 Å². The molecule has 1 saturated heterocycles. The number of piperidine rings is 1. The molecule has 2 rings (SSSR count). The number of rotatable bonds is 4. The monoisotopic (exact) mass is 265 g/mol. The van der Waals surface area contributed by atoms with Crippen LogP contribution in [0.4, 0.5) is 11.4 Å². The quantitative estimate of drug-likeness (QED) is 0.637. The van der Waals surface area contributed by atoms with Crippen molar-refractivity contribution in [2.75, 3.05) is 24.6 Å². The molecule has 19 heavy (non-hydrogen) atoms. The average molecular weight is 265 g/mol. The van der Waals surface area contributed by atoms with Crippen LogP contribution in [-0.4, -0.2) is 29.7 Å². The van der Waals surface area contributed by atoms with Gasteiger partial charge in [-0.2, -0.15) is 0 Å². The molecule has 0 bridgehead atoms. The van der Waals surface area contributed by atoms with Gasteiger partial charge in [0, 0.05) is 19.2 Å². The third kappa shape index (κ3) is 3.02. The fraction of sp³-hybridized carbons (Fsp3) is 0.538. The summed E-state index contributed by atoms with van der Waals surface area (Å²) in [6.45, 7) is 1.48. The van der Waals surface area contributed by atoms with Crippen molar-refractivity contribution in [2.24, 2.45) is 5.73 Å². The third-order valence-electron chi connectivity index (χ3n) is 3.52. The highest BCUT2D eigenvalue weighted by Gasteiger charge is 2.22. The summed E-state index contributed by atoms with van der Waals surface area (Å²) in [5.74, 6) is 0. The van der Waals surface area contributed by atoms with Crippen LogP contribution in [-0.2, 0) is 0 Å². The number of benzene rings is 1. The van der Waals surface area contributed by atoms with Crippen LogP contribution in [0.15, 0.2) is 18.2 Å². The van der Waals surface area contributed by atoms with Crippen LogP contribution in [0, 0.1) is 10.1 Å². The maximum absolute atomic E-state index is 11.2. The third-order valence-corrected chi connectivity index (χ3v) is 3.52. The number of hydrogen-bond donors (Lipinski definition) is 2. The van der Waals surface area contributed by atoms with Gasteiger partial charge in [-0.25, -0.2) is 0 Å². The molecule has 0 aliphatic carbocycles. The minimum absolute atomic E-state index is 0.0725. The van der Waals surface area contributed by atoms with Crippen LogP contribution in [0.3, 0.4) is 0 Å². The number of aliphatic hydroxyl groups is 1. The van der Waals surface area contributed by atoms with Crippen LogP contribution < -0.4 is 10.6 Å². The van der Waals surface area contributed by atoms with E-state index in [4.69, 9.17) is 10.8 Å². The predicted molar refractivity (Wildman–Crippen MR) is 73.2 cm³/mol. The second kappa shape index (κ2) is 5.99. The van der Waals surface area contributed by atoms with E-state index in [0.29, 0.717) is 11.3 Å². The molecule has 1 aliphatic heterocycles. The lowest BCUT2D eigenvalue weighted by atomic mass is 10.0. The standard InChI is InChI=1S/C13H19N3O3/c14-11(9-17)10-4-5-12(13(8-10)16(18)19)15-6-2-1-3-7-15/h4-5,8,11,17H,1-3,6-7,9,14H2/t11-/m1/s1. The number of hydrogen-bond acceptors (Lipinski definition) is 5. The van der Waals surface area contributed by atoms with Gasteiger partial charge in [-0.3, -0.25) is 10.1 Å². The van der Waals surface area contributed by atoms with Gasteiger partial charge < -0.3 is 15.7 Å². The highest BCUT2D eigenvalue weighted by atomic mass is 16.6. The molecule has 1 aromatic rings. The Labute approximate surface area is 112 Å². The van der Waals surface area contributed by atoms with E-state index in [9.17, 15) is 10.1 Å². The topological polar surface area (TPSA) is 92.6 Å². The molecular weight excluding hydrogens is 246 g/mol. The van der Waals surface area contributed by atoms with Crippen molar-refractivity contribution in [3.05, 3.63) is 33.9 Å². The zero-order valence-electron chi connectivity index (χ0n) is 10.8. The van der Waals surface area contributed by atoms with Gasteiger partial charge >= 0.3 is 0 Å². The van der Waals surface area contributed by atoms with Gasteiger partial charge in [-0.15, -0.1) is 0 Å². The minimum atomic E-state index is -0.575. The maximum atomic E-state index is 11.2. The van der Waals surface area contributed by atoms with E-state index in [2.05, 4.69) is 4.90 Å². The minimum Gasteiger partial charge on any atom is -0.394 e. The summed E-state index contributed by atoms with van der Waals surface area (Å²) in [7, 11) is 0.